The standard InChI is InChI=1S/C17H22FN3O3/c1-20(10-13-2-4-14(18)5-3-13)11-15(22)21-8-6-17(7-9-21)12-19-16(23)24-17/h2-5H,6-12H2,1H3,(H,19,23). The third kappa shape index (κ3) is 3.84. The number of nitrogens with one attached hydrogen (secondary N) is 1. The zero-order valence-electron chi connectivity index (χ0n) is 13.8. The van der Waals surface area contributed by atoms with Crippen molar-refractivity contribution >= 4 is 12.0 Å². The summed E-state index contributed by atoms with van der Waals surface area (Å²) in [6.07, 6.45) is 0.965. The van der Waals surface area contributed by atoms with Gasteiger partial charge in [0.15, 0.2) is 0 Å². The highest BCUT2D eigenvalue weighted by molar-refractivity contribution is 5.78. The number of amides is 2. The van der Waals surface area contributed by atoms with Gasteiger partial charge in [-0.15, -0.1) is 0 Å². The van der Waals surface area contributed by atoms with E-state index >= 15 is 0 Å². The Morgan fingerprint density at radius 3 is 2.58 bits per heavy atom. The lowest BCUT2D eigenvalue weighted by atomic mass is 9.91. The van der Waals surface area contributed by atoms with Gasteiger partial charge in [-0.3, -0.25) is 9.69 Å². The van der Waals surface area contributed by atoms with E-state index in [9.17, 15) is 14.0 Å². The first kappa shape index (κ1) is 16.7. The third-order valence-corrected chi connectivity index (χ3v) is 4.66. The van der Waals surface area contributed by atoms with Gasteiger partial charge in [0.05, 0.1) is 13.1 Å². The number of halogens is 1. The molecule has 0 unspecified atom stereocenters. The molecule has 2 saturated heterocycles. The van der Waals surface area contributed by atoms with E-state index in [1.54, 1.807) is 12.1 Å². The van der Waals surface area contributed by atoms with Crippen LogP contribution in [0.3, 0.4) is 0 Å². The van der Waals surface area contributed by atoms with E-state index in [-0.39, 0.29) is 17.8 Å². The number of alkyl carbamates (subject to hydrolysis) is 1. The Morgan fingerprint density at radius 1 is 1.33 bits per heavy atom. The number of carbonyl (C=O) groups is 2. The molecule has 7 heteroatoms. The molecule has 0 aliphatic carbocycles. The van der Waals surface area contributed by atoms with Crippen LogP contribution in [0.4, 0.5) is 9.18 Å². The molecule has 2 aliphatic rings. The van der Waals surface area contributed by atoms with Gasteiger partial charge in [0.25, 0.3) is 0 Å². The van der Waals surface area contributed by atoms with E-state index in [4.69, 9.17) is 4.74 Å². The molecule has 0 atom stereocenters. The van der Waals surface area contributed by atoms with Gasteiger partial charge in [-0.1, -0.05) is 12.1 Å². The number of benzene rings is 1. The number of ether oxygens (including phenoxy) is 1. The molecule has 2 heterocycles. The fourth-order valence-electron chi connectivity index (χ4n) is 3.23. The van der Waals surface area contributed by atoms with Crippen molar-refractivity contribution in [3.63, 3.8) is 0 Å². The Morgan fingerprint density at radius 2 is 2.00 bits per heavy atom. The SMILES string of the molecule is CN(CC(=O)N1CCC2(CC1)CNC(=O)O2)Cc1ccc(F)cc1. The second-order valence-electron chi connectivity index (χ2n) is 6.61. The van der Waals surface area contributed by atoms with Gasteiger partial charge in [0.1, 0.15) is 11.4 Å². The first-order valence-electron chi connectivity index (χ1n) is 8.13. The minimum absolute atomic E-state index is 0.0618. The summed E-state index contributed by atoms with van der Waals surface area (Å²) in [4.78, 5) is 27.4. The Kier molecular flexibility index (Phi) is 4.71. The maximum Gasteiger partial charge on any atom is 0.407 e. The molecule has 0 aromatic heterocycles. The number of piperidine rings is 1. The Labute approximate surface area is 140 Å². The average molecular weight is 335 g/mol. The van der Waals surface area contributed by atoms with Crippen LogP contribution in [0, 0.1) is 5.82 Å². The quantitative estimate of drug-likeness (QED) is 0.902. The molecule has 2 aliphatic heterocycles. The van der Waals surface area contributed by atoms with Crippen molar-refractivity contribution in [1.82, 2.24) is 15.1 Å². The molecule has 1 aromatic rings. The van der Waals surface area contributed by atoms with Gasteiger partial charge in [-0.05, 0) is 24.7 Å². The molecule has 6 nitrogen and oxygen atoms in total. The Balaban J connectivity index is 1.47. The molecule has 1 spiro atoms. The molecule has 0 bridgehead atoms. The second kappa shape index (κ2) is 6.76. The van der Waals surface area contributed by atoms with Crippen LogP contribution in [0.1, 0.15) is 18.4 Å². The normalized spacial score (nSPS) is 19.5. The van der Waals surface area contributed by atoms with E-state index in [0.717, 1.165) is 5.56 Å². The van der Waals surface area contributed by atoms with Gasteiger partial charge in [-0.2, -0.15) is 0 Å². The van der Waals surface area contributed by atoms with Gasteiger partial charge in [0, 0.05) is 32.5 Å². The molecule has 2 amide bonds. The van der Waals surface area contributed by atoms with Crippen molar-refractivity contribution in [2.75, 3.05) is 33.2 Å². The molecule has 130 valence electrons. The van der Waals surface area contributed by atoms with Crippen LogP contribution in [-0.2, 0) is 16.1 Å². The van der Waals surface area contributed by atoms with Crippen molar-refractivity contribution in [3.05, 3.63) is 35.6 Å². The van der Waals surface area contributed by atoms with E-state index < -0.39 is 5.60 Å². The number of hydrogen-bond acceptors (Lipinski definition) is 4. The lowest BCUT2D eigenvalue weighted by Crippen LogP contribution is -2.50. The maximum atomic E-state index is 12.9. The van der Waals surface area contributed by atoms with Gasteiger partial charge in [-0.25, -0.2) is 9.18 Å². The fourth-order valence-corrected chi connectivity index (χ4v) is 3.23. The zero-order valence-corrected chi connectivity index (χ0v) is 13.8. The highest BCUT2D eigenvalue weighted by Gasteiger charge is 2.43. The highest BCUT2D eigenvalue weighted by Crippen LogP contribution is 2.29. The van der Waals surface area contributed by atoms with E-state index in [0.29, 0.717) is 45.6 Å². The van der Waals surface area contributed by atoms with Crippen LogP contribution in [0.15, 0.2) is 24.3 Å². The number of carbonyl (C=O) groups excluding carboxylic acids is 2. The number of likely N-dealkylation sites (tertiary alicyclic amines) is 1. The number of rotatable bonds is 4. The summed E-state index contributed by atoms with van der Waals surface area (Å²) in [7, 11) is 1.87. The maximum absolute atomic E-state index is 12.9. The first-order chi connectivity index (χ1) is 11.5. The van der Waals surface area contributed by atoms with E-state index in [2.05, 4.69) is 5.32 Å². The van der Waals surface area contributed by atoms with Gasteiger partial charge in [0.2, 0.25) is 5.91 Å². The number of hydrogen-bond donors (Lipinski definition) is 1. The average Bonchev–Trinajstić information content (AvgIpc) is 2.90. The number of likely N-dealkylation sites (N-methyl/N-ethyl adjacent to an activating group) is 1. The first-order valence-corrected chi connectivity index (χ1v) is 8.13. The van der Waals surface area contributed by atoms with Gasteiger partial charge >= 0.3 is 6.09 Å². The molecule has 1 N–H and O–H groups in total. The smallest absolute Gasteiger partial charge is 0.407 e. The molecule has 2 fully saturated rings. The predicted molar refractivity (Wildman–Crippen MR) is 85.8 cm³/mol. The lowest BCUT2D eigenvalue weighted by molar-refractivity contribution is -0.135. The fraction of sp³-hybridized carbons (Fsp3) is 0.529. The molecule has 0 radical (unpaired) electrons. The van der Waals surface area contributed by atoms with Crippen LogP contribution in [0.5, 0.6) is 0 Å². The van der Waals surface area contributed by atoms with E-state index in [1.165, 1.54) is 12.1 Å². The van der Waals surface area contributed by atoms with Crippen molar-refractivity contribution < 1.29 is 18.7 Å². The summed E-state index contributed by atoms with van der Waals surface area (Å²) in [5.74, 6) is -0.200. The molecule has 24 heavy (non-hydrogen) atoms. The predicted octanol–water partition coefficient (Wildman–Crippen LogP) is 1.36. The summed E-state index contributed by atoms with van der Waals surface area (Å²) >= 11 is 0. The van der Waals surface area contributed by atoms with Crippen LogP contribution in [0.2, 0.25) is 0 Å². The largest absolute Gasteiger partial charge is 0.441 e. The minimum Gasteiger partial charge on any atom is -0.441 e. The molecule has 3 rings (SSSR count). The van der Waals surface area contributed by atoms with Crippen molar-refractivity contribution in [2.45, 2.75) is 25.0 Å². The second-order valence-corrected chi connectivity index (χ2v) is 6.61. The van der Waals surface area contributed by atoms with Crippen LogP contribution >= 0.6 is 0 Å². The van der Waals surface area contributed by atoms with Crippen molar-refractivity contribution in [2.24, 2.45) is 0 Å². The lowest BCUT2D eigenvalue weighted by Gasteiger charge is -2.37. The monoisotopic (exact) mass is 335 g/mol. The van der Waals surface area contributed by atoms with E-state index in [1.807, 2.05) is 16.8 Å². The Bertz CT molecular complexity index is 612. The van der Waals surface area contributed by atoms with Crippen molar-refractivity contribution in [1.29, 1.82) is 0 Å². The minimum atomic E-state index is -0.437. The topological polar surface area (TPSA) is 61.9 Å². The Hall–Kier alpha value is -2.15. The summed E-state index contributed by atoms with van der Waals surface area (Å²) in [6, 6.07) is 6.29. The third-order valence-electron chi connectivity index (χ3n) is 4.66. The van der Waals surface area contributed by atoms with Crippen molar-refractivity contribution in [3.8, 4) is 0 Å². The molecule has 0 saturated carbocycles. The number of nitrogens with zero attached hydrogens (tertiary/aromatic N) is 2. The zero-order chi connectivity index (χ0) is 17.2. The summed E-state index contributed by atoms with van der Waals surface area (Å²) in [5.41, 5.74) is 0.529. The van der Waals surface area contributed by atoms with Crippen LogP contribution in [-0.4, -0.2) is 60.6 Å². The summed E-state index contributed by atoms with van der Waals surface area (Å²) in [5, 5.41) is 2.69. The van der Waals surface area contributed by atoms with Crippen LogP contribution < -0.4 is 5.32 Å². The molecule has 1 aromatic carbocycles. The summed E-state index contributed by atoms with van der Waals surface area (Å²) < 4.78 is 18.3. The highest BCUT2D eigenvalue weighted by atomic mass is 19.1. The molecular formula is C17H22FN3O3. The van der Waals surface area contributed by atoms with Gasteiger partial charge < -0.3 is 15.0 Å². The molecular weight excluding hydrogens is 313 g/mol. The van der Waals surface area contributed by atoms with Crippen LogP contribution in [0.25, 0.3) is 0 Å². The summed E-state index contributed by atoms with van der Waals surface area (Å²) in [6.45, 7) is 2.61.